The molecule has 0 fully saturated rings. The Morgan fingerprint density at radius 2 is 1.95 bits per heavy atom. The quantitative estimate of drug-likeness (QED) is 0.745. The first-order valence-electron chi connectivity index (χ1n) is 7.11. The molecule has 2 unspecified atom stereocenters. The van der Waals surface area contributed by atoms with Gasteiger partial charge in [0, 0.05) is 18.7 Å². The fraction of sp³-hybridized carbons (Fsp3) is 0.625. The van der Waals surface area contributed by atoms with Crippen molar-refractivity contribution in [2.75, 3.05) is 26.8 Å². The fourth-order valence-electron chi connectivity index (χ4n) is 2.27. The normalized spacial score (nSPS) is 14.3. The predicted octanol–water partition coefficient (Wildman–Crippen LogP) is 3.78. The standard InChI is InChI=1S/C16H26ClNO/c1-4-18-12-15(13(2)9-10-19-3)11-14-5-7-16(17)8-6-14/h5-8,13,15,18H,4,9-12H2,1-3H3. The lowest BCUT2D eigenvalue weighted by atomic mass is 9.86. The van der Waals surface area contributed by atoms with Crippen molar-refractivity contribution < 1.29 is 4.74 Å². The van der Waals surface area contributed by atoms with Crippen LogP contribution in [0.1, 0.15) is 25.8 Å². The Balaban J connectivity index is 2.59. The van der Waals surface area contributed by atoms with Gasteiger partial charge in [-0.2, -0.15) is 0 Å². The van der Waals surface area contributed by atoms with Crippen LogP contribution >= 0.6 is 11.6 Å². The number of nitrogens with one attached hydrogen (secondary N) is 1. The third-order valence-electron chi connectivity index (χ3n) is 3.65. The molecule has 0 aliphatic rings. The molecule has 1 rings (SSSR count). The average Bonchev–Trinajstić information content (AvgIpc) is 2.42. The molecule has 0 saturated heterocycles. The van der Waals surface area contributed by atoms with Crippen molar-refractivity contribution in [3.63, 3.8) is 0 Å². The summed E-state index contributed by atoms with van der Waals surface area (Å²) in [6.45, 7) is 7.39. The lowest BCUT2D eigenvalue weighted by Crippen LogP contribution is -2.29. The van der Waals surface area contributed by atoms with Crippen molar-refractivity contribution in [3.8, 4) is 0 Å². The molecule has 0 heterocycles. The van der Waals surface area contributed by atoms with Crippen molar-refractivity contribution >= 4 is 11.6 Å². The number of benzene rings is 1. The average molecular weight is 284 g/mol. The maximum absolute atomic E-state index is 5.93. The topological polar surface area (TPSA) is 21.3 Å². The molecule has 0 bridgehead atoms. The first kappa shape index (κ1) is 16.5. The second kappa shape index (κ2) is 9.35. The highest BCUT2D eigenvalue weighted by Gasteiger charge is 2.17. The minimum absolute atomic E-state index is 0.635. The summed E-state index contributed by atoms with van der Waals surface area (Å²) in [4.78, 5) is 0. The molecule has 19 heavy (non-hydrogen) atoms. The van der Waals surface area contributed by atoms with E-state index in [-0.39, 0.29) is 0 Å². The van der Waals surface area contributed by atoms with Gasteiger partial charge in [0.25, 0.3) is 0 Å². The van der Waals surface area contributed by atoms with E-state index in [1.165, 1.54) is 5.56 Å². The van der Waals surface area contributed by atoms with Crippen LogP contribution in [0.3, 0.4) is 0 Å². The van der Waals surface area contributed by atoms with Crippen LogP contribution in [-0.2, 0) is 11.2 Å². The van der Waals surface area contributed by atoms with E-state index in [4.69, 9.17) is 16.3 Å². The van der Waals surface area contributed by atoms with Crippen molar-refractivity contribution in [1.29, 1.82) is 0 Å². The number of halogens is 1. The first-order chi connectivity index (χ1) is 9.17. The van der Waals surface area contributed by atoms with Crippen molar-refractivity contribution in [2.45, 2.75) is 26.7 Å². The largest absolute Gasteiger partial charge is 0.385 e. The highest BCUT2D eigenvalue weighted by Crippen LogP contribution is 2.21. The van der Waals surface area contributed by atoms with Gasteiger partial charge in [0.1, 0.15) is 0 Å². The molecule has 0 aliphatic carbocycles. The molecule has 2 atom stereocenters. The zero-order chi connectivity index (χ0) is 14.1. The van der Waals surface area contributed by atoms with Crippen LogP contribution in [0.15, 0.2) is 24.3 Å². The summed E-state index contributed by atoms with van der Waals surface area (Å²) in [6, 6.07) is 8.21. The van der Waals surface area contributed by atoms with Crippen molar-refractivity contribution in [1.82, 2.24) is 5.32 Å². The van der Waals surface area contributed by atoms with E-state index in [1.54, 1.807) is 7.11 Å². The lowest BCUT2D eigenvalue weighted by Gasteiger charge is -2.24. The lowest BCUT2D eigenvalue weighted by molar-refractivity contribution is 0.164. The van der Waals surface area contributed by atoms with Crippen LogP contribution in [0.25, 0.3) is 0 Å². The minimum Gasteiger partial charge on any atom is -0.385 e. The summed E-state index contributed by atoms with van der Waals surface area (Å²) in [5, 5.41) is 4.28. The van der Waals surface area contributed by atoms with Crippen LogP contribution in [0.4, 0.5) is 0 Å². The van der Waals surface area contributed by atoms with Gasteiger partial charge in [-0.05, 0) is 55.5 Å². The van der Waals surface area contributed by atoms with E-state index in [1.807, 2.05) is 12.1 Å². The van der Waals surface area contributed by atoms with E-state index in [0.717, 1.165) is 37.6 Å². The second-order valence-electron chi connectivity index (χ2n) is 5.16. The first-order valence-corrected chi connectivity index (χ1v) is 7.49. The maximum atomic E-state index is 5.93. The second-order valence-corrected chi connectivity index (χ2v) is 5.59. The fourth-order valence-corrected chi connectivity index (χ4v) is 2.39. The minimum atomic E-state index is 0.635. The summed E-state index contributed by atoms with van der Waals surface area (Å²) in [5.74, 6) is 1.28. The third-order valence-corrected chi connectivity index (χ3v) is 3.90. The molecular weight excluding hydrogens is 258 g/mol. The summed E-state index contributed by atoms with van der Waals surface area (Å²) in [6.07, 6.45) is 2.20. The molecule has 0 saturated carbocycles. The molecule has 0 aromatic heterocycles. The molecule has 0 radical (unpaired) electrons. The molecule has 108 valence electrons. The van der Waals surface area contributed by atoms with E-state index in [0.29, 0.717) is 11.8 Å². The van der Waals surface area contributed by atoms with Crippen LogP contribution in [0.2, 0.25) is 5.02 Å². The van der Waals surface area contributed by atoms with Gasteiger partial charge < -0.3 is 10.1 Å². The van der Waals surface area contributed by atoms with Gasteiger partial charge in [0.2, 0.25) is 0 Å². The van der Waals surface area contributed by atoms with Gasteiger partial charge in [0.05, 0.1) is 0 Å². The highest BCUT2D eigenvalue weighted by atomic mass is 35.5. The summed E-state index contributed by atoms with van der Waals surface area (Å²) >= 11 is 5.93. The van der Waals surface area contributed by atoms with Crippen LogP contribution in [0, 0.1) is 11.8 Å². The Bertz CT molecular complexity index is 339. The highest BCUT2D eigenvalue weighted by molar-refractivity contribution is 6.30. The predicted molar refractivity (Wildman–Crippen MR) is 82.8 cm³/mol. The number of ether oxygens (including phenoxy) is 1. The number of hydrogen-bond donors (Lipinski definition) is 1. The van der Waals surface area contributed by atoms with Crippen LogP contribution in [-0.4, -0.2) is 26.8 Å². The Morgan fingerprint density at radius 1 is 1.26 bits per heavy atom. The summed E-state index contributed by atoms with van der Waals surface area (Å²) in [7, 11) is 1.77. The maximum Gasteiger partial charge on any atom is 0.0464 e. The van der Waals surface area contributed by atoms with Crippen LogP contribution in [0.5, 0.6) is 0 Å². The monoisotopic (exact) mass is 283 g/mol. The number of methoxy groups -OCH3 is 1. The molecule has 0 aliphatic heterocycles. The number of rotatable bonds is 9. The van der Waals surface area contributed by atoms with E-state index in [2.05, 4.69) is 31.3 Å². The molecule has 3 heteroatoms. The zero-order valence-electron chi connectivity index (χ0n) is 12.3. The van der Waals surface area contributed by atoms with Gasteiger partial charge in [-0.15, -0.1) is 0 Å². The Hall–Kier alpha value is -0.570. The molecule has 1 aromatic carbocycles. The van der Waals surface area contributed by atoms with Gasteiger partial charge in [0.15, 0.2) is 0 Å². The van der Waals surface area contributed by atoms with Crippen LogP contribution < -0.4 is 5.32 Å². The van der Waals surface area contributed by atoms with Gasteiger partial charge in [-0.25, -0.2) is 0 Å². The molecule has 1 N–H and O–H groups in total. The molecule has 0 spiro atoms. The summed E-state index contributed by atoms with van der Waals surface area (Å²) < 4.78 is 5.20. The molecule has 1 aromatic rings. The van der Waals surface area contributed by atoms with Crippen molar-refractivity contribution in [2.24, 2.45) is 11.8 Å². The molecule has 0 amide bonds. The van der Waals surface area contributed by atoms with Gasteiger partial charge in [-0.1, -0.05) is 37.6 Å². The smallest absolute Gasteiger partial charge is 0.0464 e. The SMILES string of the molecule is CCNCC(Cc1ccc(Cl)cc1)C(C)CCOC. The van der Waals surface area contributed by atoms with E-state index in [9.17, 15) is 0 Å². The van der Waals surface area contributed by atoms with E-state index >= 15 is 0 Å². The Kier molecular flexibility index (Phi) is 8.11. The molecular formula is C16H26ClNO. The van der Waals surface area contributed by atoms with E-state index < -0.39 is 0 Å². The number of hydrogen-bond acceptors (Lipinski definition) is 2. The van der Waals surface area contributed by atoms with Crippen molar-refractivity contribution in [3.05, 3.63) is 34.9 Å². The zero-order valence-corrected chi connectivity index (χ0v) is 13.0. The van der Waals surface area contributed by atoms with Gasteiger partial charge >= 0.3 is 0 Å². The Morgan fingerprint density at radius 3 is 2.53 bits per heavy atom. The third kappa shape index (κ3) is 6.42. The Labute approximate surface area is 122 Å². The molecule has 2 nitrogen and oxygen atoms in total. The summed E-state index contributed by atoms with van der Waals surface area (Å²) in [5.41, 5.74) is 1.36. The van der Waals surface area contributed by atoms with Gasteiger partial charge in [-0.3, -0.25) is 0 Å².